The summed E-state index contributed by atoms with van der Waals surface area (Å²) in [6.07, 6.45) is 0. The summed E-state index contributed by atoms with van der Waals surface area (Å²) in [5.74, 6) is -5.18. The molecule has 0 spiro atoms. The summed E-state index contributed by atoms with van der Waals surface area (Å²) in [6, 6.07) is 14.7. The lowest BCUT2D eigenvalue weighted by atomic mass is 10.0. The second-order valence-corrected chi connectivity index (χ2v) is 5.11. The molecule has 0 N–H and O–H groups in total. The Morgan fingerprint density at radius 2 is 1.33 bits per heavy atom. The van der Waals surface area contributed by atoms with Crippen molar-refractivity contribution in [2.24, 2.45) is 0 Å². The third-order valence-corrected chi connectivity index (χ3v) is 3.53. The number of benzene rings is 3. The van der Waals surface area contributed by atoms with Crippen LogP contribution in [0.1, 0.15) is 5.56 Å². The van der Waals surface area contributed by atoms with Crippen molar-refractivity contribution in [1.82, 2.24) is 0 Å². The molecule has 0 unspecified atom stereocenters. The summed E-state index contributed by atoms with van der Waals surface area (Å²) in [5, 5.41) is 0. The lowest BCUT2D eigenvalue weighted by molar-refractivity contribution is 0.285. The van der Waals surface area contributed by atoms with E-state index in [1.165, 1.54) is 18.2 Å². The van der Waals surface area contributed by atoms with Gasteiger partial charge in [0.15, 0.2) is 23.2 Å². The smallest absolute Gasteiger partial charge is 0.201 e. The molecule has 0 amide bonds. The van der Waals surface area contributed by atoms with Crippen LogP contribution in [0.5, 0.6) is 5.75 Å². The van der Waals surface area contributed by atoms with E-state index in [1.807, 2.05) is 6.07 Å². The maximum Gasteiger partial charge on any atom is 0.201 e. The first-order valence-electron chi connectivity index (χ1n) is 7.17. The number of halogens is 4. The van der Waals surface area contributed by atoms with Crippen LogP contribution >= 0.6 is 0 Å². The summed E-state index contributed by atoms with van der Waals surface area (Å²) in [5.41, 5.74) is 0.0788. The molecule has 3 rings (SSSR count). The fourth-order valence-electron chi connectivity index (χ4n) is 2.30. The van der Waals surface area contributed by atoms with Crippen molar-refractivity contribution in [3.05, 3.63) is 89.5 Å². The minimum atomic E-state index is -1.29. The highest BCUT2D eigenvalue weighted by atomic mass is 19.2. The maximum absolute atomic E-state index is 14.2. The van der Waals surface area contributed by atoms with Gasteiger partial charge in [0.25, 0.3) is 0 Å². The van der Waals surface area contributed by atoms with Crippen LogP contribution in [0.3, 0.4) is 0 Å². The van der Waals surface area contributed by atoms with Gasteiger partial charge in [0.05, 0.1) is 0 Å². The van der Waals surface area contributed by atoms with Crippen LogP contribution in [0, 0.1) is 23.3 Å². The molecule has 0 saturated heterocycles. The first-order valence-corrected chi connectivity index (χ1v) is 7.17. The van der Waals surface area contributed by atoms with E-state index in [2.05, 4.69) is 0 Å². The van der Waals surface area contributed by atoms with E-state index in [-0.39, 0.29) is 23.5 Å². The number of rotatable bonds is 4. The van der Waals surface area contributed by atoms with Crippen molar-refractivity contribution in [3.8, 4) is 16.9 Å². The van der Waals surface area contributed by atoms with Crippen molar-refractivity contribution < 1.29 is 22.3 Å². The molecule has 122 valence electrons. The highest BCUT2D eigenvalue weighted by Crippen LogP contribution is 2.32. The normalized spacial score (nSPS) is 10.7. The summed E-state index contributed by atoms with van der Waals surface area (Å²) in [7, 11) is 0. The predicted octanol–water partition coefficient (Wildman–Crippen LogP) is 5.49. The summed E-state index contributed by atoms with van der Waals surface area (Å²) < 4.78 is 60.7. The van der Waals surface area contributed by atoms with Crippen molar-refractivity contribution in [2.45, 2.75) is 6.61 Å². The molecule has 1 nitrogen and oxygen atoms in total. The highest BCUT2D eigenvalue weighted by molar-refractivity contribution is 5.66. The molecular weight excluding hydrogens is 320 g/mol. The molecule has 0 radical (unpaired) electrons. The fourth-order valence-corrected chi connectivity index (χ4v) is 2.30. The quantitative estimate of drug-likeness (QED) is 0.574. The van der Waals surface area contributed by atoms with E-state index in [4.69, 9.17) is 4.74 Å². The summed E-state index contributed by atoms with van der Waals surface area (Å²) in [4.78, 5) is 0. The van der Waals surface area contributed by atoms with Crippen LogP contribution < -0.4 is 4.74 Å². The van der Waals surface area contributed by atoms with Gasteiger partial charge in [-0.2, -0.15) is 4.39 Å². The minimum Gasteiger partial charge on any atom is -0.486 e. The van der Waals surface area contributed by atoms with Gasteiger partial charge in [-0.05, 0) is 23.8 Å². The summed E-state index contributed by atoms with van der Waals surface area (Å²) in [6.45, 7) is 0.0604. The van der Waals surface area contributed by atoms with Crippen molar-refractivity contribution in [2.75, 3.05) is 0 Å². The Bertz CT molecular complexity index is 863. The van der Waals surface area contributed by atoms with Crippen LogP contribution in [0.15, 0.2) is 60.7 Å². The Kier molecular flexibility index (Phi) is 4.51. The zero-order chi connectivity index (χ0) is 17.1. The molecule has 3 aromatic rings. The van der Waals surface area contributed by atoms with Gasteiger partial charge < -0.3 is 4.74 Å². The van der Waals surface area contributed by atoms with E-state index < -0.39 is 23.3 Å². The van der Waals surface area contributed by atoms with Crippen molar-refractivity contribution >= 4 is 0 Å². The van der Waals surface area contributed by atoms with Gasteiger partial charge in [0.1, 0.15) is 6.61 Å². The summed E-state index contributed by atoms with van der Waals surface area (Å²) >= 11 is 0. The molecule has 0 aliphatic carbocycles. The van der Waals surface area contributed by atoms with Crippen LogP contribution in [0.4, 0.5) is 17.6 Å². The van der Waals surface area contributed by atoms with Gasteiger partial charge in [-0.1, -0.05) is 42.5 Å². The lowest BCUT2D eigenvalue weighted by Crippen LogP contribution is -2.01. The average molecular weight is 332 g/mol. The lowest BCUT2D eigenvalue weighted by Gasteiger charge is -2.11. The van der Waals surface area contributed by atoms with Crippen LogP contribution in [0.25, 0.3) is 11.1 Å². The van der Waals surface area contributed by atoms with Gasteiger partial charge in [-0.15, -0.1) is 0 Å². The van der Waals surface area contributed by atoms with E-state index in [0.717, 1.165) is 17.7 Å². The number of hydrogen-bond donors (Lipinski definition) is 0. The predicted molar refractivity (Wildman–Crippen MR) is 82.5 cm³/mol. The Hall–Kier alpha value is -2.82. The molecular formula is C19H12F4O. The molecule has 5 heteroatoms. The molecule has 0 atom stereocenters. The largest absolute Gasteiger partial charge is 0.486 e. The van der Waals surface area contributed by atoms with E-state index in [1.54, 1.807) is 24.3 Å². The molecule has 0 bridgehead atoms. The van der Waals surface area contributed by atoms with Gasteiger partial charge >= 0.3 is 0 Å². The number of hydrogen-bond acceptors (Lipinski definition) is 1. The Balaban J connectivity index is 1.90. The zero-order valence-electron chi connectivity index (χ0n) is 12.4. The molecule has 0 aromatic heterocycles. The molecule has 0 saturated carbocycles. The van der Waals surface area contributed by atoms with Crippen LogP contribution in [-0.4, -0.2) is 0 Å². The van der Waals surface area contributed by atoms with Crippen molar-refractivity contribution in [1.29, 1.82) is 0 Å². The monoisotopic (exact) mass is 332 g/mol. The maximum atomic E-state index is 14.2. The second kappa shape index (κ2) is 6.74. The molecule has 24 heavy (non-hydrogen) atoms. The number of ether oxygens (including phenoxy) is 1. The third kappa shape index (κ3) is 3.11. The first-order chi connectivity index (χ1) is 11.6. The molecule has 0 fully saturated rings. The van der Waals surface area contributed by atoms with Gasteiger partial charge in [0.2, 0.25) is 5.82 Å². The van der Waals surface area contributed by atoms with Gasteiger partial charge in [-0.3, -0.25) is 0 Å². The van der Waals surface area contributed by atoms with Crippen LogP contribution in [0.2, 0.25) is 0 Å². The standard InChI is InChI=1S/C19H12F4O/c20-15-8-4-7-13(17(15)21)14-9-10-16(19(23)18(14)22)24-11-12-5-2-1-3-6-12/h1-10H,11H2. The molecule has 0 aliphatic rings. The van der Waals surface area contributed by atoms with E-state index >= 15 is 0 Å². The van der Waals surface area contributed by atoms with Gasteiger partial charge in [-0.25, -0.2) is 13.2 Å². The molecule has 0 heterocycles. The Morgan fingerprint density at radius 3 is 2.08 bits per heavy atom. The molecule has 0 aliphatic heterocycles. The minimum absolute atomic E-state index is 0.0604. The Morgan fingerprint density at radius 1 is 0.625 bits per heavy atom. The van der Waals surface area contributed by atoms with Crippen molar-refractivity contribution in [3.63, 3.8) is 0 Å². The van der Waals surface area contributed by atoms with E-state index in [9.17, 15) is 17.6 Å². The zero-order valence-corrected chi connectivity index (χ0v) is 12.4. The Labute approximate surface area is 136 Å². The fraction of sp³-hybridized carbons (Fsp3) is 0.0526. The topological polar surface area (TPSA) is 9.23 Å². The molecule has 3 aromatic carbocycles. The van der Waals surface area contributed by atoms with Crippen LogP contribution in [-0.2, 0) is 6.61 Å². The average Bonchev–Trinajstić information content (AvgIpc) is 2.60. The van der Waals surface area contributed by atoms with E-state index in [0.29, 0.717) is 0 Å². The second-order valence-electron chi connectivity index (χ2n) is 5.11. The third-order valence-electron chi connectivity index (χ3n) is 3.53. The SMILES string of the molecule is Fc1cccc(-c2ccc(OCc3ccccc3)c(F)c2F)c1F. The first kappa shape index (κ1) is 16.1. The highest BCUT2D eigenvalue weighted by Gasteiger charge is 2.19. The van der Waals surface area contributed by atoms with Gasteiger partial charge in [0, 0.05) is 11.1 Å².